The number of nitrogens with zero attached hydrogens (tertiary/aromatic N) is 4. The van der Waals surface area contributed by atoms with E-state index in [9.17, 15) is 9.59 Å². The Labute approximate surface area is 202 Å². The Kier molecular flexibility index (Phi) is 8.49. The molecule has 1 atom stereocenters. The van der Waals surface area contributed by atoms with Gasteiger partial charge in [0.25, 0.3) is 0 Å². The van der Waals surface area contributed by atoms with E-state index in [1.54, 1.807) is 31.2 Å². The maximum absolute atomic E-state index is 12.5. The van der Waals surface area contributed by atoms with Crippen molar-refractivity contribution in [1.82, 2.24) is 19.7 Å². The van der Waals surface area contributed by atoms with Gasteiger partial charge in [0.05, 0.1) is 24.0 Å². The second kappa shape index (κ2) is 11.3. The van der Waals surface area contributed by atoms with Gasteiger partial charge in [-0.2, -0.15) is 0 Å². The Morgan fingerprint density at radius 2 is 1.79 bits per heavy atom. The lowest BCUT2D eigenvalue weighted by atomic mass is 10.2. The fraction of sp³-hybridized carbons (Fsp3) is 0.304. The van der Waals surface area contributed by atoms with Crippen LogP contribution in [0.15, 0.2) is 53.7 Å². The van der Waals surface area contributed by atoms with Crippen LogP contribution in [0.25, 0.3) is 5.69 Å². The van der Waals surface area contributed by atoms with E-state index < -0.39 is 5.97 Å². The quantitative estimate of drug-likeness (QED) is 0.352. The maximum Gasteiger partial charge on any atom is 0.338 e. The van der Waals surface area contributed by atoms with Crippen molar-refractivity contribution in [2.24, 2.45) is 0 Å². The molecule has 1 N–H and O–H groups in total. The number of nitrogens with one attached hydrogen (secondary N) is 1. The fourth-order valence-corrected chi connectivity index (χ4v) is 3.83. The molecule has 2 aromatic carbocycles. The molecule has 1 aromatic heterocycles. The van der Waals surface area contributed by atoms with Crippen LogP contribution in [-0.4, -0.2) is 58.0 Å². The molecule has 10 heteroatoms. The highest BCUT2D eigenvalue weighted by molar-refractivity contribution is 7.99. The summed E-state index contributed by atoms with van der Waals surface area (Å²) in [6, 6.07) is 14.0. The molecule has 3 aromatic rings. The van der Waals surface area contributed by atoms with Crippen LogP contribution in [0.5, 0.6) is 0 Å². The molecule has 174 valence electrons. The van der Waals surface area contributed by atoms with Crippen molar-refractivity contribution in [2.45, 2.75) is 25.0 Å². The first-order valence-electron chi connectivity index (χ1n) is 10.4. The predicted molar refractivity (Wildman–Crippen MR) is 130 cm³/mol. The third kappa shape index (κ3) is 6.34. The number of amides is 1. The summed E-state index contributed by atoms with van der Waals surface area (Å²) in [7, 11) is 3.94. The monoisotopic (exact) mass is 487 g/mol. The molecule has 8 nitrogen and oxygen atoms in total. The Balaban J connectivity index is 1.72. The first-order valence-corrected chi connectivity index (χ1v) is 11.7. The number of anilines is 1. The number of benzene rings is 2. The molecule has 0 fully saturated rings. The fourth-order valence-electron chi connectivity index (χ4n) is 2.94. The van der Waals surface area contributed by atoms with Gasteiger partial charge in [0.15, 0.2) is 11.0 Å². The lowest BCUT2D eigenvalue weighted by Crippen LogP contribution is -2.21. The highest BCUT2D eigenvalue weighted by Crippen LogP contribution is 2.27. The van der Waals surface area contributed by atoms with Crippen LogP contribution >= 0.6 is 23.4 Å². The third-order valence-corrected chi connectivity index (χ3v) is 6.08. The number of halogens is 1. The molecular formula is C23H26ClN5O3S. The van der Waals surface area contributed by atoms with Gasteiger partial charge >= 0.3 is 5.97 Å². The normalized spacial score (nSPS) is 11.9. The summed E-state index contributed by atoms with van der Waals surface area (Å²) in [4.78, 5) is 26.3. The Hall–Kier alpha value is -2.88. The molecule has 33 heavy (non-hydrogen) atoms. The summed E-state index contributed by atoms with van der Waals surface area (Å²) >= 11 is 7.35. The van der Waals surface area contributed by atoms with Gasteiger partial charge in [-0.1, -0.05) is 23.4 Å². The van der Waals surface area contributed by atoms with Gasteiger partial charge in [0.2, 0.25) is 5.91 Å². The highest BCUT2D eigenvalue weighted by Gasteiger charge is 2.21. The van der Waals surface area contributed by atoms with Crippen molar-refractivity contribution < 1.29 is 14.3 Å². The van der Waals surface area contributed by atoms with Crippen molar-refractivity contribution >= 4 is 40.9 Å². The minimum absolute atomic E-state index is 0.00858. The number of aromatic nitrogens is 3. The van der Waals surface area contributed by atoms with Crippen LogP contribution in [0, 0.1) is 0 Å². The second-order valence-corrected chi connectivity index (χ2v) is 8.81. The number of hydrogen-bond donors (Lipinski definition) is 1. The topological polar surface area (TPSA) is 89.3 Å². The van der Waals surface area contributed by atoms with Gasteiger partial charge in [-0.15, -0.1) is 10.2 Å². The van der Waals surface area contributed by atoms with Gasteiger partial charge < -0.3 is 10.1 Å². The van der Waals surface area contributed by atoms with Crippen LogP contribution in [0.2, 0.25) is 5.02 Å². The molecule has 0 aliphatic heterocycles. The van der Waals surface area contributed by atoms with Crippen molar-refractivity contribution in [3.63, 3.8) is 0 Å². The summed E-state index contributed by atoms with van der Waals surface area (Å²) in [5, 5.41) is 12.8. The first kappa shape index (κ1) is 24.8. The molecule has 0 saturated carbocycles. The maximum atomic E-state index is 12.5. The highest BCUT2D eigenvalue weighted by atomic mass is 35.5. The van der Waals surface area contributed by atoms with E-state index in [1.807, 2.05) is 54.8 Å². The summed E-state index contributed by atoms with van der Waals surface area (Å²) in [5.74, 6) is 0.313. The molecule has 1 heterocycles. The lowest BCUT2D eigenvalue weighted by Gasteiger charge is -2.20. The molecule has 1 unspecified atom stereocenters. The molecule has 0 radical (unpaired) electrons. The number of ether oxygens (including phenoxy) is 1. The molecule has 0 spiro atoms. The van der Waals surface area contributed by atoms with Crippen molar-refractivity contribution in [1.29, 1.82) is 0 Å². The number of carbonyl (C=O) groups excluding carboxylic acids is 2. The van der Waals surface area contributed by atoms with E-state index in [-0.39, 0.29) is 17.7 Å². The smallest absolute Gasteiger partial charge is 0.338 e. The van der Waals surface area contributed by atoms with Gasteiger partial charge in [-0.3, -0.25) is 14.3 Å². The summed E-state index contributed by atoms with van der Waals surface area (Å²) in [6.07, 6.45) is 0. The van der Waals surface area contributed by atoms with E-state index in [1.165, 1.54) is 11.8 Å². The number of carbonyl (C=O) groups is 2. The van der Waals surface area contributed by atoms with Gasteiger partial charge in [0.1, 0.15) is 0 Å². The predicted octanol–water partition coefficient (Wildman–Crippen LogP) is 4.45. The van der Waals surface area contributed by atoms with Gasteiger partial charge in [-0.05, 0) is 76.5 Å². The molecule has 1 amide bonds. The average molecular weight is 488 g/mol. The van der Waals surface area contributed by atoms with E-state index in [0.29, 0.717) is 28.0 Å². The number of thioether (sulfide) groups is 1. The zero-order chi connectivity index (χ0) is 24.0. The molecular weight excluding hydrogens is 462 g/mol. The molecule has 0 saturated heterocycles. The van der Waals surface area contributed by atoms with Crippen molar-refractivity contribution in [3.05, 3.63) is 64.9 Å². The summed E-state index contributed by atoms with van der Waals surface area (Å²) < 4.78 is 6.91. The van der Waals surface area contributed by atoms with Crippen LogP contribution < -0.4 is 5.32 Å². The lowest BCUT2D eigenvalue weighted by molar-refractivity contribution is -0.113. The van der Waals surface area contributed by atoms with Crippen LogP contribution in [0.3, 0.4) is 0 Å². The van der Waals surface area contributed by atoms with Crippen LogP contribution in [0.4, 0.5) is 5.69 Å². The van der Waals surface area contributed by atoms with E-state index in [0.717, 1.165) is 11.5 Å². The van der Waals surface area contributed by atoms with Crippen LogP contribution in [-0.2, 0) is 9.53 Å². The minimum atomic E-state index is -0.393. The number of hydrogen-bond acceptors (Lipinski definition) is 7. The van der Waals surface area contributed by atoms with E-state index >= 15 is 0 Å². The van der Waals surface area contributed by atoms with Gasteiger partial charge in [0, 0.05) is 16.4 Å². The number of rotatable bonds is 9. The molecule has 0 aliphatic carbocycles. The SMILES string of the molecule is CCOC(=O)c1ccc(NC(=O)CSc2nnc(C(C)N(C)C)n2-c2ccc(Cl)cc2)cc1. The third-order valence-electron chi connectivity index (χ3n) is 4.90. The zero-order valence-corrected chi connectivity index (χ0v) is 20.5. The number of esters is 1. The zero-order valence-electron chi connectivity index (χ0n) is 18.9. The standard InChI is InChI=1S/C23H26ClN5O3S/c1-5-32-22(31)16-6-10-18(11-7-16)25-20(30)14-33-23-27-26-21(15(2)28(3)4)29(23)19-12-8-17(24)9-13-19/h6-13,15H,5,14H2,1-4H3,(H,25,30). The minimum Gasteiger partial charge on any atom is -0.462 e. The molecule has 3 rings (SSSR count). The van der Waals surface area contributed by atoms with Crippen molar-refractivity contribution in [2.75, 3.05) is 31.8 Å². The summed E-state index contributed by atoms with van der Waals surface area (Å²) in [6.45, 7) is 4.10. The van der Waals surface area contributed by atoms with E-state index in [2.05, 4.69) is 15.5 Å². The average Bonchev–Trinajstić information content (AvgIpc) is 3.22. The van der Waals surface area contributed by atoms with E-state index in [4.69, 9.17) is 16.3 Å². The first-order chi connectivity index (χ1) is 15.8. The Morgan fingerprint density at radius 1 is 1.12 bits per heavy atom. The van der Waals surface area contributed by atoms with Crippen molar-refractivity contribution in [3.8, 4) is 5.69 Å². The molecule has 0 aliphatic rings. The summed E-state index contributed by atoms with van der Waals surface area (Å²) in [5.41, 5.74) is 1.89. The Bertz CT molecular complexity index is 1100. The Morgan fingerprint density at radius 3 is 2.39 bits per heavy atom. The molecule has 0 bridgehead atoms. The van der Waals surface area contributed by atoms with Gasteiger partial charge in [-0.25, -0.2) is 4.79 Å². The van der Waals surface area contributed by atoms with Crippen LogP contribution in [0.1, 0.15) is 36.1 Å². The largest absolute Gasteiger partial charge is 0.462 e. The second-order valence-electron chi connectivity index (χ2n) is 7.43.